The van der Waals surface area contributed by atoms with Crippen molar-refractivity contribution < 1.29 is 19.2 Å². The van der Waals surface area contributed by atoms with Gasteiger partial charge in [-0.2, -0.15) is 0 Å². The zero-order valence-electron chi connectivity index (χ0n) is 12.3. The number of thiophene rings is 1. The summed E-state index contributed by atoms with van der Waals surface area (Å²) in [6.45, 7) is -0.227. The molecule has 24 heavy (non-hydrogen) atoms. The summed E-state index contributed by atoms with van der Waals surface area (Å²) in [6, 6.07) is 8.92. The monoisotopic (exact) mass is 341 g/mol. The molecule has 0 radical (unpaired) electrons. The SMILES string of the molecule is O=C1C2=C(C(=O)c3ccccc31)[C@H](c1cccs1)[C@@H]([N+](=O)[O-])CO2. The minimum Gasteiger partial charge on any atom is -0.482 e. The van der Waals surface area contributed by atoms with E-state index in [0.717, 1.165) is 0 Å². The minimum atomic E-state index is -1.09. The van der Waals surface area contributed by atoms with Crippen molar-refractivity contribution in [2.45, 2.75) is 12.0 Å². The Kier molecular flexibility index (Phi) is 3.31. The molecule has 4 rings (SSSR count). The Hall–Kier alpha value is -2.80. The van der Waals surface area contributed by atoms with Gasteiger partial charge in [0.15, 0.2) is 18.1 Å². The highest BCUT2D eigenvalue weighted by Gasteiger charge is 2.49. The van der Waals surface area contributed by atoms with E-state index in [9.17, 15) is 19.7 Å². The molecule has 0 spiro atoms. The lowest BCUT2D eigenvalue weighted by atomic mass is 9.77. The molecule has 2 atom stereocenters. The van der Waals surface area contributed by atoms with Crippen molar-refractivity contribution in [3.8, 4) is 0 Å². The van der Waals surface area contributed by atoms with Crippen LogP contribution in [0.25, 0.3) is 0 Å². The van der Waals surface area contributed by atoms with E-state index in [0.29, 0.717) is 4.88 Å². The van der Waals surface area contributed by atoms with Crippen LogP contribution in [0.4, 0.5) is 0 Å². The van der Waals surface area contributed by atoms with Gasteiger partial charge in [0.2, 0.25) is 5.78 Å². The van der Waals surface area contributed by atoms with E-state index >= 15 is 0 Å². The standard InChI is InChI=1S/C17H11NO5S/c19-15-9-4-1-2-5-10(9)16(20)17-14(15)13(12-6-3-7-24-12)11(8-23-17)18(21)22/h1-7,11,13H,8H2/t11-,13-/m0/s1. The molecule has 1 aliphatic carbocycles. The van der Waals surface area contributed by atoms with Crippen LogP contribution in [0, 0.1) is 10.1 Å². The fraction of sp³-hybridized carbons (Fsp3) is 0.176. The fourth-order valence-corrected chi connectivity index (χ4v) is 4.13. The van der Waals surface area contributed by atoms with E-state index in [2.05, 4.69) is 0 Å². The van der Waals surface area contributed by atoms with Gasteiger partial charge in [-0.25, -0.2) is 0 Å². The largest absolute Gasteiger partial charge is 0.482 e. The Morgan fingerprint density at radius 3 is 2.42 bits per heavy atom. The molecular formula is C17H11NO5S. The molecule has 7 heteroatoms. The average molecular weight is 341 g/mol. The average Bonchev–Trinajstić information content (AvgIpc) is 3.12. The normalized spacial score (nSPS) is 22.7. The van der Waals surface area contributed by atoms with Gasteiger partial charge in [-0.05, 0) is 11.4 Å². The van der Waals surface area contributed by atoms with Crippen molar-refractivity contribution in [3.05, 3.63) is 79.2 Å². The van der Waals surface area contributed by atoms with Crippen LogP contribution >= 0.6 is 11.3 Å². The van der Waals surface area contributed by atoms with Crippen LogP contribution in [0.1, 0.15) is 31.5 Å². The first kappa shape index (κ1) is 14.8. The second-order valence-electron chi connectivity index (χ2n) is 5.60. The molecule has 0 N–H and O–H groups in total. The molecule has 0 bridgehead atoms. The van der Waals surface area contributed by atoms with Gasteiger partial charge < -0.3 is 4.74 Å². The van der Waals surface area contributed by atoms with Gasteiger partial charge in [0.05, 0.1) is 11.5 Å². The molecule has 1 aromatic heterocycles. The third-order valence-corrected chi connectivity index (χ3v) is 5.28. The van der Waals surface area contributed by atoms with E-state index in [1.165, 1.54) is 11.3 Å². The van der Waals surface area contributed by atoms with Gasteiger partial charge in [-0.1, -0.05) is 30.3 Å². The maximum atomic E-state index is 13.0. The topological polar surface area (TPSA) is 86.5 Å². The van der Waals surface area contributed by atoms with E-state index in [1.54, 1.807) is 41.8 Å². The molecule has 0 amide bonds. The molecule has 1 aliphatic heterocycles. The minimum absolute atomic E-state index is 0.0461. The van der Waals surface area contributed by atoms with Crippen molar-refractivity contribution in [3.63, 3.8) is 0 Å². The number of nitro groups is 1. The second-order valence-corrected chi connectivity index (χ2v) is 6.58. The third-order valence-electron chi connectivity index (χ3n) is 4.33. The summed E-state index contributed by atoms with van der Waals surface area (Å²) in [5.41, 5.74) is 0.662. The smallest absolute Gasteiger partial charge is 0.258 e. The summed E-state index contributed by atoms with van der Waals surface area (Å²) in [6.07, 6.45) is 0. The number of carbonyl (C=O) groups excluding carboxylic acids is 2. The maximum absolute atomic E-state index is 13.0. The maximum Gasteiger partial charge on any atom is 0.258 e. The van der Waals surface area contributed by atoms with Gasteiger partial charge in [0.25, 0.3) is 6.04 Å². The quantitative estimate of drug-likeness (QED) is 0.619. The highest BCUT2D eigenvalue weighted by Crippen LogP contribution is 2.42. The summed E-state index contributed by atoms with van der Waals surface area (Å²) in [5, 5.41) is 13.3. The summed E-state index contributed by atoms with van der Waals surface area (Å²) >= 11 is 1.33. The molecule has 0 unspecified atom stereocenters. The molecule has 6 nitrogen and oxygen atoms in total. The highest BCUT2D eigenvalue weighted by molar-refractivity contribution is 7.10. The van der Waals surface area contributed by atoms with Crippen molar-refractivity contribution in [2.24, 2.45) is 0 Å². The number of Topliss-reactive ketones (excluding diaryl/α,β-unsaturated/α-hetero) is 2. The van der Waals surface area contributed by atoms with Crippen LogP contribution in [-0.4, -0.2) is 29.1 Å². The number of nitrogens with zero attached hydrogens (tertiary/aromatic N) is 1. The number of carbonyl (C=O) groups is 2. The Morgan fingerprint density at radius 1 is 1.08 bits per heavy atom. The number of benzene rings is 1. The lowest BCUT2D eigenvalue weighted by Crippen LogP contribution is -2.42. The van der Waals surface area contributed by atoms with Crippen molar-refractivity contribution in [1.82, 2.24) is 0 Å². The summed E-state index contributed by atoms with van der Waals surface area (Å²) < 4.78 is 5.40. The van der Waals surface area contributed by atoms with Crippen molar-refractivity contribution in [2.75, 3.05) is 6.61 Å². The molecule has 0 fully saturated rings. The molecule has 0 saturated heterocycles. The van der Waals surface area contributed by atoms with E-state index in [1.807, 2.05) is 0 Å². The summed E-state index contributed by atoms with van der Waals surface area (Å²) in [4.78, 5) is 37.4. The summed E-state index contributed by atoms with van der Waals surface area (Å²) in [7, 11) is 0. The van der Waals surface area contributed by atoms with Crippen LogP contribution in [0.5, 0.6) is 0 Å². The first-order valence-corrected chi connectivity index (χ1v) is 8.20. The summed E-state index contributed by atoms with van der Waals surface area (Å²) in [5.74, 6) is -1.57. The number of ether oxygens (including phenoxy) is 1. The van der Waals surface area contributed by atoms with E-state index < -0.39 is 16.9 Å². The van der Waals surface area contributed by atoms with Crippen molar-refractivity contribution in [1.29, 1.82) is 0 Å². The number of allylic oxidation sites excluding steroid dienone is 1. The molecule has 2 aromatic rings. The number of hydrogen-bond donors (Lipinski definition) is 0. The van der Waals surface area contributed by atoms with E-state index in [-0.39, 0.29) is 40.6 Å². The third kappa shape index (κ3) is 2.01. The highest BCUT2D eigenvalue weighted by atomic mass is 32.1. The van der Waals surface area contributed by atoms with Gasteiger partial charge in [0, 0.05) is 20.9 Å². The van der Waals surface area contributed by atoms with Gasteiger partial charge in [-0.3, -0.25) is 19.7 Å². The Labute approximate surface area is 140 Å². The molecule has 0 saturated carbocycles. The predicted molar refractivity (Wildman–Crippen MR) is 85.9 cm³/mol. The number of rotatable bonds is 2. The van der Waals surface area contributed by atoms with E-state index in [4.69, 9.17) is 4.74 Å². The van der Waals surface area contributed by atoms with Gasteiger partial charge in [0.1, 0.15) is 0 Å². The van der Waals surface area contributed by atoms with Crippen molar-refractivity contribution >= 4 is 22.9 Å². The Balaban J connectivity index is 1.94. The predicted octanol–water partition coefficient (Wildman–Crippen LogP) is 2.84. The first-order valence-electron chi connectivity index (χ1n) is 7.32. The number of fused-ring (bicyclic) bond motifs is 1. The van der Waals surface area contributed by atoms with Gasteiger partial charge >= 0.3 is 0 Å². The van der Waals surface area contributed by atoms with Crippen LogP contribution < -0.4 is 0 Å². The fourth-order valence-electron chi connectivity index (χ4n) is 3.24. The van der Waals surface area contributed by atoms with Gasteiger partial charge in [-0.15, -0.1) is 11.3 Å². The Morgan fingerprint density at radius 2 is 1.79 bits per heavy atom. The lowest BCUT2D eigenvalue weighted by Gasteiger charge is -2.31. The number of ketones is 2. The van der Waals surface area contributed by atoms with Crippen LogP contribution in [0.15, 0.2) is 53.1 Å². The van der Waals surface area contributed by atoms with Crippen LogP contribution in [0.3, 0.4) is 0 Å². The first-order chi connectivity index (χ1) is 11.6. The van der Waals surface area contributed by atoms with Crippen LogP contribution in [-0.2, 0) is 4.74 Å². The second kappa shape index (κ2) is 5.38. The molecule has 120 valence electrons. The molecular weight excluding hydrogens is 330 g/mol. The Bertz CT molecular complexity index is 899. The lowest BCUT2D eigenvalue weighted by molar-refractivity contribution is -0.529. The van der Waals surface area contributed by atoms with Crippen LogP contribution in [0.2, 0.25) is 0 Å². The zero-order valence-corrected chi connectivity index (χ0v) is 13.1. The molecule has 2 heterocycles. The zero-order chi connectivity index (χ0) is 16.8. The molecule has 2 aliphatic rings. The molecule has 1 aromatic carbocycles. The number of hydrogen-bond acceptors (Lipinski definition) is 6.